The molecule has 1 atom stereocenters. The fourth-order valence-electron chi connectivity index (χ4n) is 1.33. The quantitative estimate of drug-likeness (QED) is 0.807. The molecule has 0 radical (unpaired) electrons. The van der Waals surface area contributed by atoms with Crippen molar-refractivity contribution >= 4 is 11.3 Å². The van der Waals surface area contributed by atoms with Crippen molar-refractivity contribution in [2.75, 3.05) is 0 Å². The Hall–Kier alpha value is -1.20. The molecule has 2 heterocycles. The van der Waals surface area contributed by atoms with Gasteiger partial charge in [-0.3, -0.25) is 0 Å². The zero-order valence-electron chi connectivity index (χ0n) is 8.14. The highest BCUT2D eigenvalue weighted by atomic mass is 32.1. The summed E-state index contributed by atoms with van der Waals surface area (Å²) in [4.78, 5) is 9.45. The third-order valence-corrected chi connectivity index (χ3v) is 3.08. The molecule has 5 heteroatoms. The second kappa shape index (κ2) is 3.51. The third kappa shape index (κ3) is 1.56. The van der Waals surface area contributed by atoms with Gasteiger partial charge in [-0.05, 0) is 6.92 Å². The van der Waals surface area contributed by atoms with E-state index in [2.05, 4.69) is 9.97 Å². The molecular weight excluding hydrogens is 196 g/mol. The number of aromatic nitrogens is 3. The molecule has 74 valence electrons. The number of hydrogen-bond acceptors (Lipinski definition) is 4. The molecule has 0 bridgehead atoms. The molecule has 0 aliphatic rings. The van der Waals surface area contributed by atoms with E-state index >= 15 is 0 Å². The minimum atomic E-state index is -0.166. The summed E-state index contributed by atoms with van der Waals surface area (Å²) >= 11 is 1.61. The van der Waals surface area contributed by atoms with Crippen LogP contribution in [0.3, 0.4) is 0 Å². The monoisotopic (exact) mass is 208 g/mol. The predicted octanol–water partition coefficient (Wildman–Crippen LogP) is 1.23. The van der Waals surface area contributed by atoms with Gasteiger partial charge in [-0.1, -0.05) is 0 Å². The van der Waals surface area contributed by atoms with Crippen LogP contribution < -0.4 is 5.73 Å². The van der Waals surface area contributed by atoms with E-state index in [1.165, 1.54) is 0 Å². The lowest BCUT2D eigenvalue weighted by Crippen LogP contribution is -2.15. The molecule has 0 aliphatic carbocycles. The summed E-state index contributed by atoms with van der Waals surface area (Å²) in [6, 6.07) is -0.166. The van der Waals surface area contributed by atoms with E-state index in [4.69, 9.17) is 5.73 Å². The molecule has 2 aromatic heterocycles. The predicted molar refractivity (Wildman–Crippen MR) is 56.1 cm³/mol. The normalized spacial score (nSPS) is 13.1. The van der Waals surface area contributed by atoms with Gasteiger partial charge in [0.15, 0.2) is 0 Å². The molecule has 14 heavy (non-hydrogen) atoms. The number of nitrogens with zero attached hydrogens (tertiary/aromatic N) is 3. The van der Waals surface area contributed by atoms with E-state index in [0.717, 1.165) is 15.7 Å². The van der Waals surface area contributed by atoms with Crippen LogP contribution in [0.15, 0.2) is 18.6 Å². The molecular formula is C9H12N4S. The van der Waals surface area contributed by atoms with Gasteiger partial charge >= 0.3 is 0 Å². The van der Waals surface area contributed by atoms with Crippen molar-refractivity contribution in [3.63, 3.8) is 0 Å². The van der Waals surface area contributed by atoms with Crippen LogP contribution in [-0.2, 0) is 7.05 Å². The van der Waals surface area contributed by atoms with Crippen molar-refractivity contribution in [2.45, 2.75) is 13.0 Å². The maximum absolute atomic E-state index is 6.06. The van der Waals surface area contributed by atoms with Crippen LogP contribution in [0.2, 0.25) is 0 Å². The average molecular weight is 208 g/mol. The zero-order valence-corrected chi connectivity index (χ0v) is 8.95. The Morgan fingerprint density at radius 1 is 1.50 bits per heavy atom. The van der Waals surface area contributed by atoms with Crippen LogP contribution in [0.1, 0.15) is 21.8 Å². The molecule has 0 amide bonds. The Morgan fingerprint density at radius 2 is 2.29 bits per heavy atom. The molecule has 1 unspecified atom stereocenters. The molecule has 0 saturated carbocycles. The van der Waals surface area contributed by atoms with Crippen molar-refractivity contribution in [2.24, 2.45) is 12.8 Å². The Balaban J connectivity index is 2.33. The Bertz CT molecular complexity index is 431. The summed E-state index contributed by atoms with van der Waals surface area (Å²) in [5.74, 6) is 0.869. The van der Waals surface area contributed by atoms with Gasteiger partial charge in [0.05, 0.1) is 11.0 Å². The first-order chi connectivity index (χ1) is 6.68. The van der Waals surface area contributed by atoms with Crippen LogP contribution >= 0.6 is 11.3 Å². The molecule has 0 spiro atoms. The topological polar surface area (TPSA) is 56.7 Å². The lowest BCUT2D eigenvalue weighted by Gasteiger charge is -2.08. The largest absolute Gasteiger partial charge is 0.336 e. The summed E-state index contributed by atoms with van der Waals surface area (Å²) in [5.41, 5.74) is 6.06. The molecule has 0 aliphatic heterocycles. The van der Waals surface area contributed by atoms with Crippen LogP contribution in [0, 0.1) is 6.92 Å². The summed E-state index contributed by atoms with van der Waals surface area (Å²) in [7, 11) is 1.94. The Morgan fingerprint density at radius 3 is 2.79 bits per heavy atom. The third-order valence-electron chi connectivity index (χ3n) is 2.08. The van der Waals surface area contributed by atoms with E-state index in [9.17, 15) is 0 Å². The molecule has 2 N–H and O–H groups in total. The maximum atomic E-state index is 6.06. The van der Waals surface area contributed by atoms with Gasteiger partial charge in [-0.25, -0.2) is 9.97 Å². The summed E-state index contributed by atoms with van der Waals surface area (Å²) in [6.45, 7) is 1.97. The molecule has 0 fully saturated rings. The number of aryl methyl sites for hydroxylation is 2. The highest BCUT2D eigenvalue weighted by Gasteiger charge is 2.15. The molecule has 4 nitrogen and oxygen atoms in total. The second-order valence-electron chi connectivity index (χ2n) is 3.16. The van der Waals surface area contributed by atoms with Gasteiger partial charge < -0.3 is 10.3 Å². The minimum Gasteiger partial charge on any atom is -0.336 e. The fraction of sp³-hybridized carbons (Fsp3) is 0.333. The van der Waals surface area contributed by atoms with Crippen molar-refractivity contribution in [1.82, 2.24) is 14.5 Å². The van der Waals surface area contributed by atoms with E-state index in [0.29, 0.717) is 0 Å². The average Bonchev–Trinajstić information content (AvgIpc) is 2.73. The smallest absolute Gasteiger partial charge is 0.130 e. The van der Waals surface area contributed by atoms with Gasteiger partial charge in [-0.15, -0.1) is 11.3 Å². The van der Waals surface area contributed by atoms with Crippen molar-refractivity contribution < 1.29 is 0 Å². The Labute approximate surface area is 86.4 Å². The molecule has 2 aromatic rings. The van der Waals surface area contributed by atoms with E-state index in [-0.39, 0.29) is 6.04 Å². The van der Waals surface area contributed by atoms with Crippen LogP contribution in [0.4, 0.5) is 0 Å². The van der Waals surface area contributed by atoms with E-state index in [1.54, 1.807) is 17.5 Å². The second-order valence-corrected chi connectivity index (χ2v) is 4.42. The molecule has 2 rings (SSSR count). The van der Waals surface area contributed by atoms with Crippen molar-refractivity contribution in [1.29, 1.82) is 0 Å². The van der Waals surface area contributed by atoms with Crippen LogP contribution in [0.5, 0.6) is 0 Å². The van der Waals surface area contributed by atoms with Crippen LogP contribution in [-0.4, -0.2) is 14.5 Å². The summed E-state index contributed by atoms with van der Waals surface area (Å²) < 4.78 is 1.93. The summed E-state index contributed by atoms with van der Waals surface area (Å²) in [6.07, 6.45) is 5.46. The Kier molecular flexibility index (Phi) is 2.35. The number of thiazole rings is 1. The number of nitrogens with two attached hydrogens (primary N) is 1. The van der Waals surface area contributed by atoms with Crippen molar-refractivity contribution in [3.05, 3.63) is 34.3 Å². The minimum absolute atomic E-state index is 0.166. The van der Waals surface area contributed by atoms with E-state index in [1.807, 2.05) is 30.9 Å². The first-order valence-corrected chi connectivity index (χ1v) is 5.15. The summed E-state index contributed by atoms with van der Waals surface area (Å²) in [5, 5.41) is 1.03. The van der Waals surface area contributed by atoms with E-state index < -0.39 is 0 Å². The fourth-order valence-corrected chi connectivity index (χ4v) is 2.11. The molecule has 0 aromatic carbocycles. The van der Waals surface area contributed by atoms with Crippen LogP contribution in [0.25, 0.3) is 0 Å². The van der Waals surface area contributed by atoms with Gasteiger partial charge in [0.25, 0.3) is 0 Å². The van der Waals surface area contributed by atoms with Gasteiger partial charge in [0.2, 0.25) is 0 Å². The van der Waals surface area contributed by atoms with Gasteiger partial charge in [0.1, 0.15) is 5.82 Å². The molecule has 0 saturated heterocycles. The number of hydrogen-bond donors (Lipinski definition) is 1. The highest BCUT2D eigenvalue weighted by molar-refractivity contribution is 7.11. The lowest BCUT2D eigenvalue weighted by atomic mass is 10.2. The zero-order chi connectivity index (χ0) is 10.1. The SMILES string of the molecule is Cc1ncc(C(N)c2nccn2C)s1. The van der Waals surface area contributed by atoms with Crippen molar-refractivity contribution in [3.8, 4) is 0 Å². The first kappa shape index (κ1) is 9.36. The number of imidazole rings is 1. The standard InChI is InChI=1S/C9H12N4S/c1-6-12-5-7(14-6)8(10)9-11-3-4-13(9)2/h3-5,8H,10H2,1-2H3. The maximum Gasteiger partial charge on any atom is 0.130 e. The van der Waals surface area contributed by atoms with Gasteiger partial charge in [-0.2, -0.15) is 0 Å². The first-order valence-electron chi connectivity index (χ1n) is 4.33. The number of rotatable bonds is 2. The highest BCUT2D eigenvalue weighted by Crippen LogP contribution is 2.22. The van der Waals surface area contributed by atoms with Gasteiger partial charge in [0, 0.05) is 30.5 Å². The lowest BCUT2D eigenvalue weighted by molar-refractivity contribution is 0.724.